The van der Waals surface area contributed by atoms with Gasteiger partial charge < -0.3 is 18.9 Å². The van der Waals surface area contributed by atoms with Crippen LogP contribution in [0.1, 0.15) is 43.4 Å². The van der Waals surface area contributed by atoms with Crippen molar-refractivity contribution in [1.82, 2.24) is 0 Å². The van der Waals surface area contributed by atoms with Gasteiger partial charge in [0, 0.05) is 5.56 Å². The van der Waals surface area contributed by atoms with Gasteiger partial charge in [0.05, 0.1) is 19.6 Å². The quantitative estimate of drug-likeness (QED) is 0.749. The van der Waals surface area contributed by atoms with Crippen molar-refractivity contribution in [2.24, 2.45) is 0 Å². The standard InChI is InChI=1S/C22H24O5/c1-5-21(6-2)15-12-17(24-3)18(25-4)13-16(15)22(14-10-8-7-9-11-14)19(23)26-20(21)27-22/h7-13,20H,5-6H2,1-4H3. The van der Waals surface area contributed by atoms with Crippen LogP contribution >= 0.6 is 0 Å². The lowest BCUT2D eigenvalue weighted by Gasteiger charge is -2.43. The molecule has 2 aliphatic heterocycles. The van der Waals surface area contributed by atoms with E-state index >= 15 is 0 Å². The van der Waals surface area contributed by atoms with Gasteiger partial charge in [0.25, 0.3) is 0 Å². The van der Waals surface area contributed by atoms with E-state index in [0.717, 1.165) is 29.5 Å². The molecule has 0 radical (unpaired) electrons. The van der Waals surface area contributed by atoms with E-state index in [-0.39, 0.29) is 5.97 Å². The normalized spacial score (nSPS) is 24.9. The molecule has 0 amide bonds. The van der Waals surface area contributed by atoms with Gasteiger partial charge in [-0.1, -0.05) is 44.2 Å². The second-order valence-corrected chi connectivity index (χ2v) is 7.02. The zero-order valence-corrected chi connectivity index (χ0v) is 16.1. The first-order chi connectivity index (χ1) is 13.1. The van der Waals surface area contributed by atoms with E-state index in [2.05, 4.69) is 13.8 Å². The fourth-order valence-corrected chi connectivity index (χ4v) is 4.50. The molecule has 2 aromatic carbocycles. The number of rotatable bonds is 5. The number of hydrogen-bond donors (Lipinski definition) is 0. The van der Waals surface area contributed by atoms with Gasteiger partial charge in [0.1, 0.15) is 0 Å². The maximum atomic E-state index is 13.2. The fourth-order valence-electron chi connectivity index (χ4n) is 4.50. The highest BCUT2D eigenvalue weighted by Crippen LogP contribution is 2.57. The Morgan fingerprint density at radius 2 is 1.56 bits per heavy atom. The van der Waals surface area contributed by atoms with Gasteiger partial charge in [-0.2, -0.15) is 0 Å². The highest BCUT2D eigenvalue weighted by molar-refractivity contribution is 5.89. The van der Waals surface area contributed by atoms with Crippen LogP contribution in [0.2, 0.25) is 0 Å². The van der Waals surface area contributed by atoms with Gasteiger partial charge in [-0.25, -0.2) is 4.79 Å². The zero-order chi connectivity index (χ0) is 19.2. The van der Waals surface area contributed by atoms with E-state index in [0.29, 0.717) is 11.5 Å². The summed E-state index contributed by atoms with van der Waals surface area (Å²) in [5.74, 6) is 0.824. The molecule has 2 heterocycles. The highest BCUT2D eigenvalue weighted by Gasteiger charge is 2.64. The van der Waals surface area contributed by atoms with Crippen molar-refractivity contribution < 1.29 is 23.7 Å². The van der Waals surface area contributed by atoms with Gasteiger partial charge >= 0.3 is 5.97 Å². The summed E-state index contributed by atoms with van der Waals surface area (Å²) in [5, 5.41) is 0. The number of carbonyl (C=O) groups excluding carboxylic acids is 1. The first-order valence-corrected chi connectivity index (χ1v) is 9.28. The molecule has 142 valence electrons. The van der Waals surface area contributed by atoms with Crippen molar-refractivity contribution >= 4 is 5.97 Å². The monoisotopic (exact) mass is 368 g/mol. The molecule has 0 spiro atoms. The molecule has 1 fully saturated rings. The first-order valence-electron chi connectivity index (χ1n) is 9.28. The summed E-state index contributed by atoms with van der Waals surface area (Å²) in [5.41, 5.74) is 0.838. The Bertz CT molecular complexity index is 872. The van der Waals surface area contributed by atoms with Gasteiger partial charge in [-0.05, 0) is 36.1 Å². The average Bonchev–Trinajstić information content (AvgIpc) is 3.04. The van der Waals surface area contributed by atoms with Crippen LogP contribution in [0.25, 0.3) is 0 Å². The van der Waals surface area contributed by atoms with Crippen LogP contribution in [0.15, 0.2) is 42.5 Å². The molecule has 0 saturated carbocycles. The van der Waals surface area contributed by atoms with Crippen LogP contribution in [-0.2, 0) is 25.3 Å². The number of esters is 1. The smallest absolute Gasteiger partial charge is 0.350 e. The van der Waals surface area contributed by atoms with E-state index in [1.54, 1.807) is 14.2 Å². The largest absolute Gasteiger partial charge is 0.493 e. The molecular formula is C22H24O5. The number of benzene rings is 2. The average molecular weight is 368 g/mol. The summed E-state index contributed by atoms with van der Waals surface area (Å²) in [6.07, 6.45) is 0.912. The Morgan fingerprint density at radius 3 is 2.11 bits per heavy atom. The second kappa shape index (κ2) is 6.27. The van der Waals surface area contributed by atoms with Crippen molar-refractivity contribution in [3.05, 3.63) is 59.2 Å². The zero-order valence-electron chi connectivity index (χ0n) is 16.1. The van der Waals surface area contributed by atoms with E-state index in [4.69, 9.17) is 18.9 Å². The van der Waals surface area contributed by atoms with Crippen LogP contribution in [0, 0.1) is 0 Å². The molecule has 27 heavy (non-hydrogen) atoms. The Hall–Kier alpha value is -2.53. The summed E-state index contributed by atoms with van der Waals surface area (Å²) < 4.78 is 23.3. The summed E-state index contributed by atoms with van der Waals surface area (Å²) in [4.78, 5) is 13.2. The van der Waals surface area contributed by atoms with Gasteiger partial charge in [-0.15, -0.1) is 0 Å². The lowest BCUT2D eigenvalue weighted by atomic mass is 9.68. The van der Waals surface area contributed by atoms with Crippen LogP contribution in [0.5, 0.6) is 11.5 Å². The SMILES string of the molecule is CCC1(CC)c2cc(OC)c(OC)cc2C2(c3ccccc3)OC1OC2=O. The van der Waals surface area contributed by atoms with Crippen molar-refractivity contribution in [1.29, 1.82) is 0 Å². The Morgan fingerprint density at radius 1 is 0.963 bits per heavy atom. The number of ether oxygens (including phenoxy) is 4. The molecule has 5 heteroatoms. The Kier molecular flexibility index (Phi) is 4.15. The molecule has 2 aliphatic rings. The summed E-state index contributed by atoms with van der Waals surface area (Å²) in [7, 11) is 3.21. The van der Waals surface area contributed by atoms with Gasteiger partial charge in [0.15, 0.2) is 11.5 Å². The third-order valence-electron chi connectivity index (χ3n) is 6.12. The van der Waals surface area contributed by atoms with E-state index in [1.165, 1.54) is 0 Å². The third kappa shape index (κ3) is 2.18. The van der Waals surface area contributed by atoms with Crippen LogP contribution in [-0.4, -0.2) is 26.5 Å². The number of methoxy groups -OCH3 is 2. The summed E-state index contributed by atoms with van der Waals surface area (Å²) >= 11 is 0. The minimum absolute atomic E-state index is 0.379. The number of carbonyl (C=O) groups is 1. The minimum atomic E-state index is -1.28. The molecule has 5 nitrogen and oxygen atoms in total. The summed E-state index contributed by atoms with van der Waals surface area (Å²) in [6.45, 7) is 4.18. The molecule has 2 aromatic rings. The third-order valence-corrected chi connectivity index (χ3v) is 6.12. The molecule has 2 bridgehead atoms. The van der Waals surface area contributed by atoms with Crippen molar-refractivity contribution in [3.8, 4) is 11.5 Å². The molecular weight excluding hydrogens is 344 g/mol. The van der Waals surface area contributed by atoms with Crippen molar-refractivity contribution in [2.45, 2.75) is 44.0 Å². The summed E-state index contributed by atoms with van der Waals surface area (Å²) in [6, 6.07) is 13.4. The minimum Gasteiger partial charge on any atom is -0.493 e. The maximum absolute atomic E-state index is 13.2. The Labute approximate surface area is 159 Å². The lowest BCUT2D eigenvalue weighted by Crippen LogP contribution is -2.48. The van der Waals surface area contributed by atoms with E-state index < -0.39 is 17.3 Å². The molecule has 1 saturated heterocycles. The Balaban J connectivity index is 2.09. The maximum Gasteiger partial charge on any atom is 0.350 e. The molecule has 0 N–H and O–H groups in total. The fraction of sp³-hybridized carbons (Fsp3) is 0.409. The van der Waals surface area contributed by atoms with Crippen LogP contribution in [0.3, 0.4) is 0 Å². The number of hydrogen-bond acceptors (Lipinski definition) is 5. The topological polar surface area (TPSA) is 54.0 Å². The molecule has 4 rings (SSSR count). The van der Waals surface area contributed by atoms with E-state index in [1.807, 2.05) is 42.5 Å². The molecule has 0 aliphatic carbocycles. The number of fused-ring (bicyclic) bond motifs is 4. The highest BCUT2D eigenvalue weighted by atomic mass is 16.8. The predicted octanol–water partition coefficient (Wildman–Crippen LogP) is 3.92. The molecule has 0 aromatic heterocycles. The first kappa shape index (κ1) is 17.9. The molecule has 2 atom stereocenters. The predicted molar refractivity (Wildman–Crippen MR) is 100.0 cm³/mol. The lowest BCUT2D eigenvalue weighted by molar-refractivity contribution is -0.153. The van der Waals surface area contributed by atoms with Crippen LogP contribution < -0.4 is 9.47 Å². The molecule has 2 unspecified atom stereocenters. The van der Waals surface area contributed by atoms with E-state index in [9.17, 15) is 4.79 Å². The second-order valence-electron chi connectivity index (χ2n) is 7.02. The van der Waals surface area contributed by atoms with Crippen molar-refractivity contribution in [3.63, 3.8) is 0 Å². The van der Waals surface area contributed by atoms with Gasteiger partial charge in [0.2, 0.25) is 11.9 Å². The van der Waals surface area contributed by atoms with Crippen LogP contribution in [0.4, 0.5) is 0 Å². The van der Waals surface area contributed by atoms with Crippen molar-refractivity contribution in [2.75, 3.05) is 14.2 Å². The van der Waals surface area contributed by atoms with Gasteiger partial charge in [-0.3, -0.25) is 0 Å².